The summed E-state index contributed by atoms with van der Waals surface area (Å²) in [6.07, 6.45) is 1.65. The van der Waals surface area contributed by atoms with Crippen LogP contribution in [0.2, 0.25) is 0 Å². The highest BCUT2D eigenvalue weighted by atomic mass is 19.1. The second-order valence-corrected chi connectivity index (χ2v) is 6.29. The highest BCUT2D eigenvalue weighted by Crippen LogP contribution is 2.38. The topological polar surface area (TPSA) is 74.5 Å². The zero-order valence-electron chi connectivity index (χ0n) is 14.5. The molecule has 4 rings (SSSR count). The van der Waals surface area contributed by atoms with Crippen LogP contribution in [0.15, 0.2) is 54.7 Å². The zero-order valence-corrected chi connectivity index (χ0v) is 14.5. The molecule has 0 amide bonds. The van der Waals surface area contributed by atoms with E-state index in [0.717, 1.165) is 30.0 Å². The molecule has 0 bridgehead atoms. The van der Waals surface area contributed by atoms with Crippen molar-refractivity contribution in [1.29, 1.82) is 0 Å². The van der Waals surface area contributed by atoms with Crippen LogP contribution in [0.3, 0.4) is 0 Å². The van der Waals surface area contributed by atoms with Crippen LogP contribution in [-0.4, -0.2) is 9.91 Å². The molecule has 0 saturated carbocycles. The Kier molecular flexibility index (Phi) is 4.60. The van der Waals surface area contributed by atoms with E-state index in [-0.39, 0.29) is 17.1 Å². The fourth-order valence-corrected chi connectivity index (χ4v) is 3.07. The van der Waals surface area contributed by atoms with Crippen LogP contribution >= 0.6 is 0 Å². The largest absolute Gasteiger partial charge is 0.485 e. The summed E-state index contributed by atoms with van der Waals surface area (Å²) >= 11 is 0. The van der Waals surface area contributed by atoms with Gasteiger partial charge in [0.1, 0.15) is 35.4 Å². The van der Waals surface area contributed by atoms with Crippen molar-refractivity contribution in [2.45, 2.75) is 18.9 Å². The fraction of sp³-hybridized carbons (Fsp3) is 0.150. The van der Waals surface area contributed by atoms with Crippen LogP contribution in [0.1, 0.15) is 23.7 Å². The van der Waals surface area contributed by atoms with Crippen molar-refractivity contribution in [3.05, 3.63) is 87.6 Å². The molecule has 2 aromatic carbocycles. The van der Waals surface area contributed by atoms with Gasteiger partial charge in [-0.05, 0) is 54.8 Å². The molecule has 6 nitrogen and oxygen atoms in total. The number of hydrogen-bond donors (Lipinski definition) is 0. The monoisotopic (exact) mass is 384 g/mol. The lowest BCUT2D eigenvalue weighted by Crippen LogP contribution is -2.16. The van der Waals surface area contributed by atoms with Crippen LogP contribution in [0, 0.1) is 21.7 Å². The summed E-state index contributed by atoms with van der Waals surface area (Å²) in [4.78, 5) is 14.0. The molecule has 28 heavy (non-hydrogen) atoms. The number of ether oxygens (including phenoxy) is 2. The Labute approximate surface area is 158 Å². The molecule has 8 heteroatoms. The van der Waals surface area contributed by atoms with Gasteiger partial charge in [0.25, 0.3) is 5.69 Å². The summed E-state index contributed by atoms with van der Waals surface area (Å²) in [7, 11) is 0. The zero-order chi connectivity index (χ0) is 19.7. The first-order chi connectivity index (χ1) is 13.5. The molecular formula is C20H14F2N2O4. The van der Waals surface area contributed by atoms with Gasteiger partial charge in [0.15, 0.2) is 0 Å². The molecule has 0 radical (unpaired) electrons. The van der Waals surface area contributed by atoms with Crippen molar-refractivity contribution in [2.24, 2.45) is 0 Å². The van der Waals surface area contributed by atoms with Gasteiger partial charge in [0.05, 0.1) is 4.92 Å². The van der Waals surface area contributed by atoms with E-state index in [9.17, 15) is 18.9 Å². The molecule has 0 saturated heterocycles. The molecule has 2 heterocycles. The lowest BCUT2D eigenvalue weighted by Gasteiger charge is -2.27. The van der Waals surface area contributed by atoms with Gasteiger partial charge < -0.3 is 9.47 Å². The molecule has 142 valence electrons. The SMILES string of the molecule is O=[N+]([O-])c1ccc(Oc2ccc3c(c2)CCC(c2cc(F)ccc2F)O3)nc1. The van der Waals surface area contributed by atoms with Gasteiger partial charge in [-0.2, -0.15) is 0 Å². The van der Waals surface area contributed by atoms with E-state index in [0.29, 0.717) is 24.3 Å². The maximum Gasteiger partial charge on any atom is 0.287 e. The Morgan fingerprint density at radius 1 is 1.14 bits per heavy atom. The van der Waals surface area contributed by atoms with Crippen LogP contribution in [0.5, 0.6) is 17.4 Å². The molecule has 0 spiro atoms. The molecule has 0 fully saturated rings. The molecule has 1 unspecified atom stereocenters. The van der Waals surface area contributed by atoms with Crippen LogP contribution in [0.25, 0.3) is 0 Å². The number of hydrogen-bond acceptors (Lipinski definition) is 5. The van der Waals surface area contributed by atoms with E-state index in [2.05, 4.69) is 4.98 Å². The molecule has 0 aliphatic carbocycles. The molecule has 0 N–H and O–H groups in total. The summed E-state index contributed by atoms with van der Waals surface area (Å²) < 4.78 is 38.9. The second-order valence-electron chi connectivity index (χ2n) is 6.29. The smallest absolute Gasteiger partial charge is 0.287 e. The first-order valence-corrected chi connectivity index (χ1v) is 8.52. The van der Waals surface area contributed by atoms with Gasteiger partial charge >= 0.3 is 0 Å². The Morgan fingerprint density at radius 3 is 2.75 bits per heavy atom. The average molecular weight is 384 g/mol. The van der Waals surface area contributed by atoms with Gasteiger partial charge in [-0.25, -0.2) is 13.8 Å². The maximum absolute atomic E-state index is 14.0. The summed E-state index contributed by atoms with van der Waals surface area (Å²) in [5.41, 5.74) is 0.940. The first kappa shape index (κ1) is 17.8. The quantitative estimate of drug-likeness (QED) is 0.461. The van der Waals surface area contributed by atoms with E-state index in [1.165, 1.54) is 12.1 Å². The molecule has 1 atom stereocenters. The predicted molar refractivity (Wildman–Crippen MR) is 95.5 cm³/mol. The molecule has 1 aromatic heterocycles. The Balaban J connectivity index is 1.51. The lowest BCUT2D eigenvalue weighted by molar-refractivity contribution is -0.385. The third-order valence-electron chi connectivity index (χ3n) is 4.44. The lowest BCUT2D eigenvalue weighted by atomic mass is 9.97. The van der Waals surface area contributed by atoms with Crippen molar-refractivity contribution in [3.63, 3.8) is 0 Å². The molecular weight excluding hydrogens is 370 g/mol. The highest BCUT2D eigenvalue weighted by Gasteiger charge is 2.24. The number of halogens is 2. The Morgan fingerprint density at radius 2 is 2.00 bits per heavy atom. The fourth-order valence-electron chi connectivity index (χ4n) is 3.07. The van der Waals surface area contributed by atoms with Crippen molar-refractivity contribution in [3.8, 4) is 17.4 Å². The van der Waals surface area contributed by atoms with E-state index in [1.807, 2.05) is 0 Å². The van der Waals surface area contributed by atoms with Crippen LogP contribution in [0.4, 0.5) is 14.5 Å². The van der Waals surface area contributed by atoms with Crippen molar-refractivity contribution in [2.75, 3.05) is 0 Å². The number of benzene rings is 2. The number of nitro groups is 1. The molecule has 1 aliphatic rings. The number of pyridine rings is 1. The average Bonchev–Trinajstić information content (AvgIpc) is 2.70. The van der Waals surface area contributed by atoms with Crippen LogP contribution < -0.4 is 9.47 Å². The van der Waals surface area contributed by atoms with Crippen molar-refractivity contribution >= 4 is 5.69 Å². The summed E-state index contributed by atoms with van der Waals surface area (Å²) in [5.74, 6) is 0.286. The maximum atomic E-state index is 14.0. The predicted octanol–water partition coefficient (Wildman–Crippen LogP) is 5.13. The minimum absolute atomic E-state index is 0.123. The standard InChI is InChI=1S/C20H14F2N2O4/c21-13-2-5-17(22)16(10-13)19-6-1-12-9-15(4-7-18(12)28-19)27-20-8-3-14(11-23-20)24(25)26/h2-5,7-11,19H,1,6H2. The Bertz CT molecular complexity index is 1040. The number of nitrogens with zero attached hydrogens (tertiary/aromatic N) is 2. The Hall–Kier alpha value is -3.55. The van der Waals surface area contributed by atoms with Crippen molar-refractivity contribution < 1.29 is 23.2 Å². The first-order valence-electron chi connectivity index (χ1n) is 8.52. The third kappa shape index (κ3) is 3.62. The van der Waals surface area contributed by atoms with Gasteiger partial charge in [-0.1, -0.05) is 0 Å². The highest BCUT2D eigenvalue weighted by molar-refractivity contribution is 5.44. The van der Waals surface area contributed by atoms with Gasteiger partial charge in [-0.15, -0.1) is 0 Å². The number of fused-ring (bicyclic) bond motifs is 1. The van der Waals surface area contributed by atoms with E-state index in [4.69, 9.17) is 9.47 Å². The summed E-state index contributed by atoms with van der Waals surface area (Å²) in [6.45, 7) is 0. The third-order valence-corrected chi connectivity index (χ3v) is 4.44. The molecule has 3 aromatic rings. The number of aromatic nitrogens is 1. The van der Waals surface area contributed by atoms with Gasteiger partial charge in [0.2, 0.25) is 5.88 Å². The van der Waals surface area contributed by atoms with E-state index < -0.39 is 22.7 Å². The normalized spacial score (nSPS) is 15.4. The van der Waals surface area contributed by atoms with Crippen LogP contribution in [-0.2, 0) is 6.42 Å². The van der Waals surface area contributed by atoms with Gasteiger partial charge in [-0.3, -0.25) is 10.1 Å². The summed E-state index contributed by atoms with van der Waals surface area (Å²) in [5, 5.41) is 10.7. The minimum atomic E-state index is -0.564. The van der Waals surface area contributed by atoms with E-state index >= 15 is 0 Å². The number of aryl methyl sites for hydroxylation is 1. The van der Waals surface area contributed by atoms with Gasteiger partial charge in [0, 0.05) is 17.7 Å². The second kappa shape index (κ2) is 7.22. The summed E-state index contributed by atoms with van der Waals surface area (Å²) in [6, 6.07) is 11.2. The molecule has 1 aliphatic heterocycles. The van der Waals surface area contributed by atoms with E-state index in [1.54, 1.807) is 18.2 Å². The number of rotatable bonds is 4. The minimum Gasteiger partial charge on any atom is -0.485 e. The van der Waals surface area contributed by atoms with Crippen molar-refractivity contribution in [1.82, 2.24) is 4.98 Å².